The number of anilines is 1. The summed E-state index contributed by atoms with van der Waals surface area (Å²) in [4.78, 5) is 12.5. The lowest BCUT2D eigenvalue weighted by molar-refractivity contribution is -0.121. The number of carbonyl (C=O) groups excluding carboxylic acids is 1. The summed E-state index contributed by atoms with van der Waals surface area (Å²) in [5.74, 6) is -0.0742. The molecular formula is C24H34N2O3S. The summed E-state index contributed by atoms with van der Waals surface area (Å²) < 4.78 is 25.9. The normalized spacial score (nSPS) is 12.5. The van der Waals surface area contributed by atoms with Gasteiger partial charge in [0.2, 0.25) is 15.9 Å². The molecule has 0 saturated heterocycles. The highest BCUT2D eigenvalue weighted by Crippen LogP contribution is 2.22. The molecule has 0 aliphatic carbocycles. The van der Waals surface area contributed by atoms with Crippen LogP contribution < -0.4 is 9.62 Å². The van der Waals surface area contributed by atoms with Crippen LogP contribution >= 0.6 is 0 Å². The lowest BCUT2D eigenvalue weighted by Gasteiger charge is -2.23. The Balaban J connectivity index is 1.98. The van der Waals surface area contributed by atoms with Crippen molar-refractivity contribution in [2.24, 2.45) is 0 Å². The number of aryl methyl sites for hydroxylation is 4. The van der Waals surface area contributed by atoms with Crippen LogP contribution in [0.5, 0.6) is 0 Å². The molecule has 1 atom stereocenters. The molecule has 0 aliphatic rings. The van der Waals surface area contributed by atoms with E-state index in [-0.39, 0.29) is 24.9 Å². The monoisotopic (exact) mass is 430 g/mol. The molecule has 1 unspecified atom stereocenters. The molecule has 0 aromatic heterocycles. The lowest BCUT2D eigenvalue weighted by atomic mass is 9.96. The number of benzene rings is 2. The maximum Gasteiger partial charge on any atom is 0.232 e. The first-order valence-electron chi connectivity index (χ1n) is 10.5. The van der Waals surface area contributed by atoms with Crippen molar-refractivity contribution >= 4 is 21.6 Å². The molecule has 5 nitrogen and oxygen atoms in total. The van der Waals surface area contributed by atoms with Gasteiger partial charge >= 0.3 is 0 Å². The van der Waals surface area contributed by atoms with Crippen molar-refractivity contribution in [1.29, 1.82) is 0 Å². The molecule has 0 fully saturated rings. The Morgan fingerprint density at radius 2 is 1.63 bits per heavy atom. The van der Waals surface area contributed by atoms with E-state index in [4.69, 9.17) is 0 Å². The highest BCUT2D eigenvalue weighted by atomic mass is 32.2. The summed E-state index contributed by atoms with van der Waals surface area (Å²) in [6, 6.07) is 11.7. The van der Waals surface area contributed by atoms with Gasteiger partial charge in [0.15, 0.2) is 0 Å². The van der Waals surface area contributed by atoms with Crippen LogP contribution in [0.4, 0.5) is 5.69 Å². The molecule has 0 heterocycles. The molecular weight excluding hydrogens is 396 g/mol. The van der Waals surface area contributed by atoms with Gasteiger partial charge in [-0.2, -0.15) is 0 Å². The van der Waals surface area contributed by atoms with Gasteiger partial charge < -0.3 is 5.32 Å². The predicted octanol–water partition coefficient (Wildman–Crippen LogP) is 4.60. The van der Waals surface area contributed by atoms with Gasteiger partial charge in [0, 0.05) is 13.0 Å². The van der Waals surface area contributed by atoms with Crippen LogP contribution in [0.1, 0.15) is 60.5 Å². The molecule has 1 amide bonds. The number of hydrogen-bond donors (Lipinski definition) is 1. The Labute approximate surface area is 181 Å². The SMILES string of the molecule is CCc1ccc(N(CCCC(=O)NC(C)c2cc(C)c(C)cc2C)S(C)(=O)=O)cc1. The zero-order valence-corrected chi connectivity index (χ0v) is 19.8. The second-order valence-corrected chi connectivity index (χ2v) is 9.95. The van der Waals surface area contributed by atoms with Gasteiger partial charge in [-0.3, -0.25) is 9.10 Å². The summed E-state index contributed by atoms with van der Waals surface area (Å²) in [6.45, 7) is 10.5. The number of nitrogens with one attached hydrogen (secondary N) is 1. The maximum absolute atomic E-state index is 12.5. The fraction of sp³-hybridized carbons (Fsp3) is 0.458. The van der Waals surface area contributed by atoms with Crippen molar-refractivity contribution in [3.8, 4) is 0 Å². The van der Waals surface area contributed by atoms with E-state index in [1.165, 1.54) is 21.7 Å². The number of sulfonamides is 1. The minimum absolute atomic E-state index is 0.0742. The smallest absolute Gasteiger partial charge is 0.232 e. The Morgan fingerprint density at radius 1 is 1.03 bits per heavy atom. The van der Waals surface area contributed by atoms with Crippen molar-refractivity contribution in [3.05, 3.63) is 64.2 Å². The van der Waals surface area contributed by atoms with Gasteiger partial charge in [0.25, 0.3) is 0 Å². The average Bonchev–Trinajstić information content (AvgIpc) is 2.67. The van der Waals surface area contributed by atoms with Crippen molar-refractivity contribution in [3.63, 3.8) is 0 Å². The fourth-order valence-corrected chi connectivity index (χ4v) is 4.57. The highest BCUT2D eigenvalue weighted by molar-refractivity contribution is 7.92. The Bertz CT molecular complexity index is 982. The fourth-order valence-electron chi connectivity index (χ4n) is 3.61. The van der Waals surface area contributed by atoms with Crippen LogP contribution in [-0.2, 0) is 21.2 Å². The Hall–Kier alpha value is -2.34. The minimum Gasteiger partial charge on any atom is -0.350 e. The number of carbonyl (C=O) groups is 1. The zero-order valence-electron chi connectivity index (χ0n) is 19.0. The quantitative estimate of drug-likeness (QED) is 0.632. The van der Waals surface area contributed by atoms with E-state index in [0.29, 0.717) is 12.1 Å². The number of hydrogen-bond acceptors (Lipinski definition) is 3. The first kappa shape index (κ1) is 23.9. The van der Waals surface area contributed by atoms with Crippen molar-refractivity contribution in [1.82, 2.24) is 5.32 Å². The Kier molecular flexibility index (Phi) is 8.07. The third kappa shape index (κ3) is 6.33. The van der Waals surface area contributed by atoms with E-state index < -0.39 is 10.0 Å². The molecule has 0 spiro atoms. The summed E-state index contributed by atoms with van der Waals surface area (Å²) in [5, 5.41) is 3.04. The Morgan fingerprint density at radius 3 is 2.20 bits per heavy atom. The van der Waals surface area contributed by atoms with E-state index in [1.54, 1.807) is 0 Å². The van der Waals surface area contributed by atoms with Crippen molar-refractivity contribution < 1.29 is 13.2 Å². The molecule has 0 bridgehead atoms. The largest absolute Gasteiger partial charge is 0.350 e. The van der Waals surface area contributed by atoms with E-state index in [9.17, 15) is 13.2 Å². The third-order valence-corrected chi connectivity index (χ3v) is 6.72. The van der Waals surface area contributed by atoms with Crippen LogP contribution in [0.3, 0.4) is 0 Å². The molecule has 30 heavy (non-hydrogen) atoms. The van der Waals surface area contributed by atoms with Crippen molar-refractivity contribution in [2.75, 3.05) is 17.1 Å². The van der Waals surface area contributed by atoms with Gasteiger partial charge in [0.1, 0.15) is 0 Å². The van der Waals surface area contributed by atoms with Gasteiger partial charge in [-0.05, 0) is 80.5 Å². The van der Waals surface area contributed by atoms with Crippen LogP contribution in [0.25, 0.3) is 0 Å². The number of amides is 1. The summed E-state index contributed by atoms with van der Waals surface area (Å²) in [5.41, 5.74) is 6.50. The molecule has 6 heteroatoms. The molecule has 2 aromatic rings. The second-order valence-electron chi connectivity index (χ2n) is 8.04. The molecule has 164 valence electrons. The third-order valence-electron chi connectivity index (χ3n) is 5.52. The van der Waals surface area contributed by atoms with E-state index in [2.05, 4.69) is 45.1 Å². The minimum atomic E-state index is -3.41. The van der Waals surface area contributed by atoms with Gasteiger partial charge in [-0.15, -0.1) is 0 Å². The molecule has 0 saturated carbocycles. The lowest BCUT2D eigenvalue weighted by Crippen LogP contribution is -2.32. The van der Waals surface area contributed by atoms with E-state index >= 15 is 0 Å². The molecule has 0 aliphatic heterocycles. The van der Waals surface area contributed by atoms with Crippen LogP contribution in [0.15, 0.2) is 36.4 Å². The first-order chi connectivity index (χ1) is 14.0. The van der Waals surface area contributed by atoms with Gasteiger partial charge in [-0.25, -0.2) is 8.42 Å². The number of rotatable bonds is 9. The van der Waals surface area contributed by atoms with Gasteiger partial charge in [-0.1, -0.05) is 31.2 Å². The van der Waals surface area contributed by atoms with Crippen LogP contribution in [0.2, 0.25) is 0 Å². The molecule has 0 radical (unpaired) electrons. The standard InChI is InChI=1S/C24H34N2O3S/c1-7-21-10-12-22(13-11-21)26(30(6,28)29)14-8-9-24(27)25-20(5)23-16-18(3)17(2)15-19(23)4/h10-13,15-16,20H,7-9,14H2,1-6H3,(H,25,27). The molecule has 2 aromatic carbocycles. The maximum atomic E-state index is 12.5. The van der Waals surface area contributed by atoms with E-state index in [1.807, 2.05) is 31.2 Å². The first-order valence-corrected chi connectivity index (χ1v) is 12.3. The summed E-state index contributed by atoms with van der Waals surface area (Å²) >= 11 is 0. The molecule has 2 rings (SSSR count). The highest BCUT2D eigenvalue weighted by Gasteiger charge is 2.18. The van der Waals surface area contributed by atoms with Gasteiger partial charge in [0.05, 0.1) is 18.0 Å². The summed E-state index contributed by atoms with van der Waals surface area (Å²) in [6.07, 6.45) is 2.82. The van der Waals surface area contributed by atoms with Crippen LogP contribution in [0, 0.1) is 20.8 Å². The average molecular weight is 431 g/mol. The topological polar surface area (TPSA) is 66.5 Å². The van der Waals surface area contributed by atoms with E-state index in [0.717, 1.165) is 23.1 Å². The zero-order chi connectivity index (χ0) is 22.5. The van der Waals surface area contributed by atoms with Crippen molar-refractivity contribution in [2.45, 2.75) is 59.9 Å². The van der Waals surface area contributed by atoms with Crippen LogP contribution in [-0.4, -0.2) is 27.1 Å². The number of nitrogens with zero attached hydrogens (tertiary/aromatic N) is 1. The molecule has 1 N–H and O–H groups in total. The summed E-state index contributed by atoms with van der Waals surface area (Å²) in [7, 11) is -3.41. The second kappa shape index (κ2) is 10.1. The predicted molar refractivity (Wildman–Crippen MR) is 124 cm³/mol.